The van der Waals surface area contributed by atoms with Crippen LogP contribution in [0.25, 0.3) is 32.1 Å². The van der Waals surface area contributed by atoms with E-state index in [-0.39, 0.29) is 72.3 Å². The molecule has 1 spiro atoms. The molecule has 0 bridgehead atoms. The summed E-state index contributed by atoms with van der Waals surface area (Å²) in [4.78, 5) is 32.7. The molecule has 12 nitrogen and oxygen atoms in total. The number of hydrogen-bond donors (Lipinski definition) is 1. The number of nitrogens with two attached hydrogens (primary N) is 1. The summed E-state index contributed by atoms with van der Waals surface area (Å²) in [5.74, 6) is -1.07. The highest BCUT2D eigenvalue weighted by Gasteiger charge is 2.57. The van der Waals surface area contributed by atoms with Crippen molar-refractivity contribution in [1.29, 1.82) is 5.26 Å². The summed E-state index contributed by atoms with van der Waals surface area (Å²) < 4.78 is 54.4. The maximum atomic E-state index is 17.2. The van der Waals surface area contributed by atoms with Crippen LogP contribution in [-0.4, -0.2) is 96.6 Å². The normalized spacial score (nSPS) is 25.5. The van der Waals surface area contributed by atoms with Crippen LogP contribution in [0.4, 0.5) is 28.8 Å². The molecule has 18 heteroatoms. The Hall–Kier alpha value is -4.43. The number of alkyl halides is 1. The van der Waals surface area contributed by atoms with E-state index in [1.165, 1.54) is 18.5 Å². The van der Waals surface area contributed by atoms with Gasteiger partial charge in [0.25, 0.3) is 0 Å². The number of thiophene rings is 1. The summed E-state index contributed by atoms with van der Waals surface area (Å²) in [5, 5.41) is 14.4. The molecule has 5 aromatic rings. The lowest BCUT2D eigenvalue weighted by atomic mass is 9.79. The Bertz CT molecular complexity index is 2410. The summed E-state index contributed by atoms with van der Waals surface area (Å²) in [6.07, 6.45) is 3.56. The molecule has 2 aromatic carbocycles. The van der Waals surface area contributed by atoms with E-state index < -0.39 is 28.9 Å². The van der Waals surface area contributed by atoms with Crippen LogP contribution in [0.1, 0.15) is 44.6 Å². The molecule has 7 heterocycles. The number of ether oxygens (including phenoxy) is 1. The summed E-state index contributed by atoms with van der Waals surface area (Å²) in [6, 6.07) is 5.38. The second-order valence-corrected chi connectivity index (χ2v) is 16.1. The predicted molar refractivity (Wildman–Crippen MR) is 194 cm³/mol. The highest BCUT2D eigenvalue weighted by molar-refractivity contribution is 7.23. The number of halogens is 5. The van der Waals surface area contributed by atoms with Gasteiger partial charge in [-0.25, -0.2) is 22.9 Å². The van der Waals surface area contributed by atoms with Gasteiger partial charge in [0.05, 0.1) is 32.4 Å². The van der Waals surface area contributed by atoms with Gasteiger partial charge in [-0.05, 0) is 68.4 Å². The first-order chi connectivity index (χ1) is 25.4. The number of likely N-dealkylation sites (tertiary alicyclic amines) is 1. The number of hydrogen-bond acceptors (Lipinski definition) is 11. The molecule has 53 heavy (non-hydrogen) atoms. The minimum Gasteiger partial charge on any atom is -0.461 e. The van der Waals surface area contributed by atoms with E-state index in [0.717, 1.165) is 35.4 Å². The molecule has 3 aromatic heterocycles. The molecule has 4 fully saturated rings. The Morgan fingerprint density at radius 3 is 2.74 bits per heavy atom. The zero-order valence-corrected chi connectivity index (χ0v) is 30.6. The van der Waals surface area contributed by atoms with Crippen molar-refractivity contribution in [2.24, 2.45) is 0 Å². The Morgan fingerprint density at radius 2 is 2.00 bits per heavy atom. The van der Waals surface area contributed by atoms with E-state index in [0.29, 0.717) is 50.1 Å². The molecule has 4 aliphatic rings. The van der Waals surface area contributed by atoms with Gasteiger partial charge < -0.3 is 20.3 Å². The highest BCUT2D eigenvalue weighted by atomic mass is 35.5. The number of benzene rings is 2. The molecular formula is C35H31Cl2F3N10O2S. The van der Waals surface area contributed by atoms with Gasteiger partial charge in [0.15, 0.2) is 5.82 Å². The number of carbonyl (C=O) groups is 1. The first-order valence-corrected chi connectivity index (χ1v) is 18.8. The molecule has 0 unspecified atom stereocenters. The van der Waals surface area contributed by atoms with Crippen molar-refractivity contribution in [2.45, 2.75) is 62.3 Å². The van der Waals surface area contributed by atoms with Crippen LogP contribution in [-0.2, 0) is 0 Å². The maximum absolute atomic E-state index is 17.2. The highest BCUT2D eigenvalue weighted by Crippen LogP contribution is 2.49. The third kappa shape index (κ3) is 5.07. The summed E-state index contributed by atoms with van der Waals surface area (Å²) in [6.45, 7) is 4.14. The van der Waals surface area contributed by atoms with Gasteiger partial charge in [0.2, 0.25) is 5.28 Å². The lowest BCUT2D eigenvalue weighted by Crippen LogP contribution is -2.67. The topological polar surface area (TPSA) is 142 Å². The average molecular weight is 784 g/mol. The molecule has 2 N–H and O–H groups in total. The monoisotopic (exact) mass is 782 g/mol. The number of carbonyl (C=O) groups excluding carboxylic acids is 1. The first-order valence-electron chi connectivity index (χ1n) is 17.2. The van der Waals surface area contributed by atoms with Crippen molar-refractivity contribution in [3.8, 4) is 23.2 Å². The fraction of sp³-hybridized carbons (Fsp3) is 0.429. The van der Waals surface area contributed by atoms with Gasteiger partial charge in [0, 0.05) is 42.4 Å². The summed E-state index contributed by atoms with van der Waals surface area (Å²) in [5.41, 5.74) is 5.00. The minimum absolute atomic E-state index is 0.0133. The van der Waals surface area contributed by atoms with Gasteiger partial charge in [-0.2, -0.15) is 19.9 Å². The lowest BCUT2D eigenvalue weighted by molar-refractivity contribution is 0.0199. The van der Waals surface area contributed by atoms with Crippen LogP contribution in [0.15, 0.2) is 24.5 Å². The zero-order chi connectivity index (χ0) is 37.0. The number of aromatic nitrogens is 5. The van der Waals surface area contributed by atoms with Gasteiger partial charge >= 0.3 is 12.0 Å². The number of rotatable bonds is 5. The van der Waals surface area contributed by atoms with E-state index in [1.807, 2.05) is 17.9 Å². The van der Waals surface area contributed by atoms with Gasteiger partial charge in [0.1, 0.15) is 47.3 Å². The fourth-order valence-corrected chi connectivity index (χ4v) is 10.5. The van der Waals surface area contributed by atoms with Crippen LogP contribution in [0.5, 0.6) is 6.01 Å². The maximum Gasteiger partial charge on any atom is 0.346 e. The fourth-order valence-electron chi connectivity index (χ4n) is 9.09. The van der Waals surface area contributed by atoms with E-state index in [2.05, 4.69) is 20.0 Å². The van der Waals surface area contributed by atoms with Crippen molar-refractivity contribution in [3.05, 3.63) is 52.0 Å². The molecule has 0 aliphatic carbocycles. The number of nitrogens with zero attached hydrogens (tertiary/aromatic N) is 9. The number of amides is 1. The Balaban J connectivity index is 1.17. The largest absolute Gasteiger partial charge is 0.461 e. The van der Waals surface area contributed by atoms with Crippen LogP contribution < -0.4 is 15.4 Å². The molecule has 0 radical (unpaired) electrons. The molecule has 4 aliphatic heterocycles. The van der Waals surface area contributed by atoms with Crippen molar-refractivity contribution in [3.63, 3.8) is 0 Å². The molecule has 0 saturated carbocycles. The van der Waals surface area contributed by atoms with E-state index in [4.69, 9.17) is 38.7 Å². The zero-order valence-electron chi connectivity index (χ0n) is 28.3. The Labute approximate surface area is 314 Å². The molecule has 4 atom stereocenters. The molecule has 1 amide bonds. The van der Waals surface area contributed by atoms with Crippen molar-refractivity contribution >= 4 is 72.4 Å². The van der Waals surface area contributed by atoms with Gasteiger partial charge in [-0.1, -0.05) is 17.7 Å². The first kappa shape index (κ1) is 34.3. The quantitative estimate of drug-likeness (QED) is 0.202. The Morgan fingerprint density at radius 1 is 1.19 bits per heavy atom. The number of anilines is 2. The average Bonchev–Trinajstić information content (AvgIpc) is 3.93. The smallest absolute Gasteiger partial charge is 0.346 e. The Kier molecular flexibility index (Phi) is 7.97. The third-order valence-corrected chi connectivity index (χ3v) is 13.3. The van der Waals surface area contributed by atoms with Crippen molar-refractivity contribution < 1.29 is 22.7 Å². The van der Waals surface area contributed by atoms with E-state index in [9.17, 15) is 18.8 Å². The molecule has 4 saturated heterocycles. The van der Waals surface area contributed by atoms with Gasteiger partial charge in [-0.15, -0.1) is 16.4 Å². The van der Waals surface area contributed by atoms with Gasteiger partial charge in [-0.3, -0.25) is 4.90 Å². The molecular weight excluding hydrogens is 752 g/mol. The molecule has 9 rings (SSSR count). The van der Waals surface area contributed by atoms with E-state index >= 15 is 4.39 Å². The number of nitrogen functional groups attached to an aromatic ring is 1. The van der Waals surface area contributed by atoms with Crippen LogP contribution >= 0.6 is 34.5 Å². The van der Waals surface area contributed by atoms with Crippen LogP contribution in [0.3, 0.4) is 0 Å². The lowest BCUT2D eigenvalue weighted by Gasteiger charge is -2.53. The summed E-state index contributed by atoms with van der Waals surface area (Å²) in [7, 11) is 0. The molecule has 274 valence electrons. The number of fused-ring (bicyclic) bond motifs is 3. The van der Waals surface area contributed by atoms with Crippen LogP contribution in [0.2, 0.25) is 10.3 Å². The third-order valence-electron chi connectivity index (χ3n) is 11.8. The summed E-state index contributed by atoms with van der Waals surface area (Å²) >= 11 is 13.7. The predicted octanol–water partition coefficient (Wildman–Crippen LogP) is 6.81. The second-order valence-electron chi connectivity index (χ2n) is 14.3. The number of nitriles is 1. The minimum atomic E-state index is -0.977. The van der Waals surface area contributed by atoms with E-state index in [1.54, 1.807) is 11.0 Å². The van der Waals surface area contributed by atoms with Crippen molar-refractivity contribution in [2.75, 3.05) is 43.4 Å². The van der Waals surface area contributed by atoms with Crippen LogP contribution in [0, 0.1) is 23.0 Å². The van der Waals surface area contributed by atoms with Crippen molar-refractivity contribution in [1.82, 2.24) is 34.5 Å². The standard InChI is InChI=1S/C35H31Cl2F3N10O2S/c1-17-35(7-10-49(35)33(51)50-16-43-31(37)46-50)6-9-48(17)30-20-11-22(36)25(19-3-4-23(39)28-24(19)21(13-41)29(42)53-28)26(40)27(20)44-32(45-30)52-15-34-5-2-8-47(34)14-18(38)12-34/h3-4,11,16-18H,2,5-10,12,14-15,42H2,1H3/t17-,18-,34+,35+/m1/s1. The SMILES string of the molecule is C[C@H]1N(c2nc(OC[C@@]34CCCN3C[C@H](F)C4)nc3c(F)c(-c4ccc(F)c5sc(N)c(C#N)c45)c(Cl)cc23)CC[C@]12CCN2C(=O)n1cnc(Cl)n1. The second kappa shape index (κ2) is 12.3.